The largest absolute Gasteiger partial charge is 0.0999 e. The Balaban J connectivity index is 2.16. The first-order valence-corrected chi connectivity index (χ1v) is 8.96. The number of benzene rings is 1. The highest BCUT2D eigenvalue weighted by Gasteiger charge is 2.07. The molecule has 1 atom stereocenters. The Hall–Kier alpha value is -1.04. The molecule has 0 saturated heterocycles. The molecule has 0 saturated carbocycles. The second kappa shape index (κ2) is 11.6. The molecule has 0 bridgehead atoms. The van der Waals surface area contributed by atoms with E-state index >= 15 is 0 Å². The van der Waals surface area contributed by atoms with E-state index < -0.39 is 0 Å². The van der Waals surface area contributed by atoms with Crippen molar-refractivity contribution in [3.63, 3.8) is 0 Å². The summed E-state index contributed by atoms with van der Waals surface area (Å²) in [5.41, 5.74) is 2.87. The molecule has 0 fully saturated rings. The van der Waals surface area contributed by atoms with Crippen LogP contribution in [0.15, 0.2) is 42.5 Å². The third-order valence-electron chi connectivity index (χ3n) is 4.42. The van der Waals surface area contributed by atoms with Gasteiger partial charge in [-0.05, 0) is 37.2 Å². The molecule has 0 heteroatoms. The molecule has 1 aromatic rings. The lowest BCUT2D eigenvalue weighted by Crippen LogP contribution is -2.01. The molecule has 0 N–H and O–H groups in total. The Morgan fingerprint density at radius 2 is 1.62 bits per heavy atom. The first-order chi connectivity index (χ1) is 10.3. The predicted molar refractivity (Wildman–Crippen MR) is 95.7 cm³/mol. The maximum atomic E-state index is 4.27. The van der Waals surface area contributed by atoms with E-state index in [1.165, 1.54) is 62.5 Å². The van der Waals surface area contributed by atoms with Crippen LogP contribution in [0.4, 0.5) is 0 Å². The Morgan fingerprint density at radius 3 is 2.29 bits per heavy atom. The number of hydrogen-bond acceptors (Lipinski definition) is 0. The molecular formula is C21H34. The standard InChI is InChI=1S/C21H34/c1-4-6-13-20(11-5-2)16-10-12-19(3)17-18-21-14-8-7-9-15-21/h7-9,14-15,20H,3-6,10-13,16-18H2,1-2H3. The SMILES string of the molecule is C=C(CCCC(CCC)CCCC)CCc1ccccc1. The van der Waals surface area contributed by atoms with E-state index in [0.717, 1.165) is 18.8 Å². The van der Waals surface area contributed by atoms with Crippen molar-refractivity contribution < 1.29 is 0 Å². The second-order valence-electron chi connectivity index (χ2n) is 6.42. The number of aryl methyl sites for hydroxylation is 1. The van der Waals surface area contributed by atoms with Crippen LogP contribution in [0.2, 0.25) is 0 Å². The van der Waals surface area contributed by atoms with Gasteiger partial charge in [-0.25, -0.2) is 0 Å². The molecule has 0 aromatic heterocycles. The summed E-state index contributed by atoms with van der Waals surface area (Å²) in [6.07, 6.45) is 13.2. The van der Waals surface area contributed by atoms with Gasteiger partial charge in [0.1, 0.15) is 0 Å². The average molecular weight is 287 g/mol. The lowest BCUT2D eigenvalue weighted by Gasteiger charge is -2.16. The van der Waals surface area contributed by atoms with Crippen molar-refractivity contribution in [2.75, 3.05) is 0 Å². The van der Waals surface area contributed by atoms with Crippen molar-refractivity contribution in [1.29, 1.82) is 0 Å². The zero-order valence-electron chi connectivity index (χ0n) is 14.2. The minimum Gasteiger partial charge on any atom is -0.0999 e. The third kappa shape index (κ3) is 8.75. The molecule has 0 aliphatic carbocycles. The molecule has 0 aliphatic rings. The Kier molecular flexibility index (Phi) is 9.95. The molecule has 0 heterocycles. The second-order valence-corrected chi connectivity index (χ2v) is 6.42. The average Bonchev–Trinajstić information content (AvgIpc) is 2.51. The summed E-state index contributed by atoms with van der Waals surface area (Å²) in [4.78, 5) is 0. The van der Waals surface area contributed by atoms with Crippen LogP contribution in [-0.4, -0.2) is 0 Å². The summed E-state index contributed by atoms with van der Waals surface area (Å²) in [7, 11) is 0. The van der Waals surface area contributed by atoms with Crippen LogP contribution in [0, 0.1) is 5.92 Å². The zero-order chi connectivity index (χ0) is 15.3. The van der Waals surface area contributed by atoms with Crippen LogP contribution in [0.25, 0.3) is 0 Å². The van der Waals surface area contributed by atoms with Crippen LogP contribution >= 0.6 is 0 Å². The lowest BCUT2D eigenvalue weighted by atomic mass is 9.90. The number of allylic oxidation sites excluding steroid dienone is 1. The van der Waals surface area contributed by atoms with Crippen LogP contribution < -0.4 is 0 Å². The van der Waals surface area contributed by atoms with Crippen molar-refractivity contribution in [2.45, 2.75) is 78.1 Å². The van der Waals surface area contributed by atoms with Crippen molar-refractivity contribution in [3.8, 4) is 0 Å². The van der Waals surface area contributed by atoms with E-state index in [1.807, 2.05) is 0 Å². The molecule has 1 aromatic carbocycles. The van der Waals surface area contributed by atoms with Gasteiger partial charge < -0.3 is 0 Å². The molecule has 0 radical (unpaired) electrons. The van der Waals surface area contributed by atoms with Crippen molar-refractivity contribution in [1.82, 2.24) is 0 Å². The fraction of sp³-hybridized carbons (Fsp3) is 0.619. The van der Waals surface area contributed by atoms with Gasteiger partial charge in [0, 0.05) is 0 Å². The quantitative estimate of drug-likeness (QED) is 0.365. The highest BCUT2D eigenvalue weighted by Crippen LogP contribution is 2.23. The highest BCUT2D eigenvalue weighted by atomic mass is 14.1. The molecule has 0 nitrogen and oxygen atoms in total. The van der Waals surface area contributed by atoms with Gasteiger partial charge in [0.25, 0.3) is 0 Å². The summed E-state index contributed by atoms with van der Waals surface area (Å²) < 4.78 is 0. The molecule has 1 unspecified atom stereocenters. The topological polar surface area (TPSA) is 0 Å². The van der Waals surface area contributed by atoms with Gasteiger partial charge in [-0.15, -0.1) is 0 Å². The van der Waals surface area contributed by atoms with Crippen molar-refractivity contribution in [3.05, 3.63) is 48.0 Å². The summed E-state index contributed by atoms with van der Waals surface area (Å²) in [6.45, 7) is 8.89. The van der Waals surface area contributed by atoms with Gasteiger partial charge in [0.2, 0.25) is 0 Å². The maximum absolute atomic E-state index is 4.27. The molecule has 0 spiro atoms. The van der Waals surface area contributed by atoms with Gasteiger partial charge in [-0.3, -0.25) is 0 Å². The van der Waals surface area contributed by atoms with Gasteiger partial charge in [-0.1, -0.05) is 94.9 Å². The first-order valence-electron chi connectivity index (χ1n) is 8.96. The number of rotatable bonds is 12. The minimum absolute atomic E-state index is 0.955. The summed E-state index contributed by atoms with van der Waals surface area (Å²) in [5, 5.41) is 0. The molecule has 118 valence electrons. The first kappa shape index (κ1) is 18.0. The minimum atomic E-state index is 0.955. The number of hydrogen-bond donors (Lipinski definition) is 0. The van der Waals surface area contributed by atoms with Crippen LogP contribution in [-0.2, 0) is 6.42 Å². The van der Waals surface area contributed by atoms with E-state index in [0.29, 0.717) is 0 Å². The van der Waals surface area contributed by atoms with E-state index in [9.17, 15) is 0 Å². The Bertz CT molecular complexity index is 363. The molecule has 0 amide bonds. The van der Waals surface area contributed by atoms with E-state index in [2.05, 4.69) is 50.8 Å². The monoisotopic (exact) mass is 286 g/mol. The van der Waals surface area contributed by atoms with Crippen molar-refractivity contribution >= 4 is 0 Å². The third-order valence-corrected chi connectivity index (χ3v) is 4.42. The van der Waals surface area contributed by atoms with E-state index in [4.69, 9.17) is 0 Å². The van der Waals surface area contributed by atoms with E-state index in [1.54, 1.807) is 0 Å². The molecule has 21 heavy (non-hydrogen) atoms. The van der Waals surface area contributed by atoms with E-state index in [-0.39, 0.29) is 0 Å². The maximum Gasteiger partial charge on any atom is -0.0242 e. The molecule has 0 aliphatic heterocycles. The van der Waals surface area contributed by atoms with Gasteiger partial charge >= 0.3 is 0 Å². The fourth-order valence-corrected chi connectivity index (χ4v) is 3.07. The van der Waals surface area contributed by atoms with Gasteiger partial charge in [0.05, 0.1) is 0 Å². The fourth-order valence-electron chi connectivity index (χ4n) is 3.07. The number of unbranched alkanes of at least 4 members (excludes halogenated alkanes) is 1. The van der Waals surface area contributed by atoms with Crippen LogP contribution in [0.1, 0.15) is 77.2 Å². The lowest BCUT2D eigenvalue weighted by molar-refractivity contribution is 0.391. The summed E-state index contributed by atoms with van der Waals surface area (Å²) >= 11 is 0. The molecule has 1 rings (SSSR count). The zero-order valence-corrected chi connectivity index (χ0v) is 14.2. The smallest absolute Gasteiger partial charge is 0.0242 e. The summed E-state index contributed by atoms with van der Waals surface area (Å²) in [5.74, 6) is 0.955. The Morgan fingerprint density at radius 1 is 0.905 bits per heavy atom. The van der Waals surface area contributed by atoms with Crippen LogP contribution in [0.5, 0.6) is 0 Å². The normalized spacial score (nSPS) is 12.3. The van der Waals surface area contributed by atoms with Crippen LogP contribution in [0.3, 0.4) is 0 Å². The molecular weight excluding hydrogens is 252 g/mol. The predicted octanol–water partition coefficient (Wildman–Crippen LogP) is 6.95. The highest BCUT2D eigenvalue weighted by molar-refractivity contribution is 5.16. The summed E-state index contributed by atoms with van der Waals surface area (Å²) in [6, 6.07) is 10.8. The Labute approximate surface area is 132 Å². The van der Waals surface area contributed by atoms with Crippen molar-refractivity contribution in [2.24, 2.45) is 5.92 Å². The van der Waals surface area contributed by atoms with Gasteiger partial charge in [-0.2, -0.15) is 0 Å². The van der Waals surface area contributed by atoms with Gasteiger partial charge in [0.15, 0.2) is 0 Å².